The predicted molar refractivity (Wildman–Crippen MR) is 545 cm³/mol. The standard InChI is InChI=1S/C54H70N8O6S.C48H64N8O4S.C6H8O3.CH3F.CH4.Li/c1-6-61-42-18-17-35-25-37(42)38(46(61)36-13-9-21-55-44(36)32(2)3)27-53(4,5)31-67-52(66)39-14-10-22-62(58-39)50(64)40(26-43-56-41(35)28-69-43)57-49(63)45(33-11-7-8-12-33)59-23-19-54(29-59)20-24-60(30-54)51(65)48-47(68-48)34-15-16-34;1-6-55-39-16-15-32-23-34(39)35(43(55)33-13-9-19-50-41(33)30(2)3)25-47(4,5)29-60-46(59)36-14-10-21-56(53-36)45(58)37(24-40-51-38(32)26-61-40)52-44(57)42(31-11-7-8-12-31)54-22-18-48(28-54)17-20-49-27-48;7-6(8)5-4(9-5)3-1-2-3;1-2;;/h9,13,17-18,21,25,28,32-34,39-40,45,47-48,58H,6-8,10-12,14-16,19-20,22-24,26-27,29-31H2,1-5H3,(H,57,63);9,13,15-16,19,23,26,30-31,36-37,42,49,53H,6-8,10-12,14,17-18,20-22,24-25,27-29H2,1-5H3,(H,52,57);3-5H,1-2H2,(H,7,8);1H3;1H4;/q;;;;;+1/p-1/t39-,40-,45-,47+,48+,54-;36-,37-,42-,48-;4-,5-;;;/m001.../s1/i;;;1D;;. The van der Waals surface area contributed by atoms with E-state index in [-0.39, 0.29) is 159 Å². The number of fused-ring (bicyclic) bond motifs is 12. The van der Waals surface area contributed by atoms with Gasteiger partial charge >= 0.3 is 30.8 Å². The number of carbonyl (C=O) groups is 8. The number of nitrogens with one attached hydrogen (secondary N) is 5. The third kappa shape index (κ3) is 22.7. The van der Waals surface area contributed by atoms with Gasteiger partial charge < -0.3 is 58.8 Å². The van der Waals surface area contributed by atoms with Crippen LogP contribution in [0.15, 0.2) is 83.8 Å². The number of benzene rings is 2. The molecule has 8 saturated heterocycles. The van der Waals surface area contributed by atoms with Gasteiger partial charge in [0.05, 0.1) is 96.2 Å². The average Bonchev–Trinajstić information content (AvgIpc) is 1.61. The van der Waals surface area contributed by atoms with E-state index >= 15 is 4.79 Å². The molecule has 12 bridgehead atoms. The second kappa shape index (κ2) is 44.2. The van der Waals surface area contributed by atoms with Crippen molar-refractivity contribution in [3.63, 3.8) is 0 Å². The monoisotopic (exact) mass is 1990 g/mol. The Balaban J connectivity index is 0.000000175. The van der Waals surface area contributed by atoms with E-state index in [1.54, 1.807) is 10.0 Å². The first kappa shape index (κ1) is 104. The van der Waals surface area contributed by atoms with E-state index in [9.17, 15) is 43.1 Å². The smallest absolute Gasteiger partial charge is 0.547 e. The van der Waals surface area contributed by atoms with Gasteiger partial charge in [-0.25, -0.2) is 20.8 Å². The Bertz CT molecular complexity index is 5980. The Morgan fingerprint density at radius 3 is 1.44 bits per heavy atom. The minimum absolute atomic E-state index is 0. The molecule has 143 heavy (non-hydrogen) atoms. The number of epoxide rings is 2. The molecule has 14 aliphatic rings. The van der Waals surface area contributed by atoms with Crippen LogP contribution in [0.2, 0.25) is 0 Å². The molecule has 2 spiro atoms. The summed E-state index contributed by atoms with van der Waals surface area (Å²) in [5.41, 5.74) is 20.7. The first-order valence-electron chi connectivity index (χ1n) is 53.2. The number of hydrogen-bond acceptors (Lipinski definition) is 24. The number of cyclic esters (lactones) is 2. The number of carbonyl (C=O) groups excluding carboxylic acids is 8. The summed E-state index contributed by atoms with van der Waals surface area (Å²) in [5.74, 6) is -0.413. The fourth-order valence-corrected chi connectivity index (χ4v) is 26.7. The van der Waals surface area contributed by atoms with Crippen LogP contribution in [0, 0.1) is 45.3 Å². The van der Waals surface area contributed by atoms with Crippen molar-refractivity contribution in [3.05, 3.63) is 116 Å². The summed E-state index contributed by atoms with van der Waals surface area (Å²) < 4.78 is 43.4. The maximum Gasteiger partial charge on any atom is 1.00 e. The third-order valence-electron chi connectivity index (χ3n) is 32.7. The number of amides is 5. The zero-order chi connectivity index (χ0) is 99.4. The van der Waals surface area contributed by atoms with E-state index in [0.29, 0.717) is 70.0 Å². The van der Waals surface area contributed by atoms with Gasteiger partial charge in [0, 0.05) is 155 Å². The van der Waals surface area contributed by atoms with Crippen LogP contribution in [0.5, 0.6) is 0 Å². The van der Waals surface area contributed by atoms with Crippen LogP contribution in [0.3, 0.4) is 0 Å². The van der Waals surface area contributed by atoms with Crippen LogP contribution < -0.4 is 50.8 Å². The summed E-state index contributed by atoms with van der Waals surface area (Å²) in [4.78, 5) is 138. The molecule has 0 unspecified atom stereocenters. The zero-order valence-corrected chi connectivity index (χ0v) is 86.5. The number of rotatable bonds is 18. The van der Waals surface area contributed by atoms with Gasteiger partial charge in [0.1, 0.15) is 30.3 Å². The van der Waals surface area contributed by atoms with Crippen LogP contribution in [0.1, 0.15) is 251 Å². The normalized spacial score (nSPS) is 27.2. The largest absolute Gasteiger partial charge is 1.00 e. The number of aliphatic carboxylic acids is 1. The molecule has 5 N–H and O–H groups in total. The Morgan fingerprint density at radius 1 is 0.573 bits per heavy atom. The maximum absolute atomic E-state index is 15.1. The summed E-state index contributed by atoms with van der Waals surface area (Å²) in [6, 6.07) is 17.8. The van der Waals surface area contributed by atoms with E-state index in [0.717, 1.165) is 250 Å². The Hall–Kier alpha value is -8.91. The van der Waals surface area contributed by atoms with E-state index in [2.05, 4.69) is 174 Å². The number of hydrogen-bond donors (Lipinski definition) is 5. The topological polar surface area (TPSA) is 341 Å². The summed E-state index contributed by atoms with van der Waals surface area (Å²) >= 11 is 3.03. The molecule has 4 aliphatic carbocycles. The molecule has 16 heterocycles. The summed E-state index contributed by atoms with van der Waals surface area (Å²) in [6.07, 6.45) is 24.2. The molecule has 766 valence electrons. The van der Waals surface area contributed by atoms with Crippen molar-refractivity contribution in [2.45, 2.75) is 316 Å². The van der Waals surface area contributed by atoms with Gasteiger partial charge in [-0.15, -0.1) is 22.7 Å². The van der Waals surface area contributed by atoms with Gasteiger partial charge in [0.15, 0.2) is 6.10 Å². The average molecular weight is 1990 g/mol. The number of thiazole rings is 2. The molecular weight excluding hydrogens is 1840 g/mol. The van der Waals surface area contributed by atoms with Crippen molar-refractivity contribution >= 4 is 91.9 Å². The molecule has 12 atom stereocenters. The molecule has 4 saturated carbocycles. The van der Waals surface area contributed by atoms with Gasteiger partial charge in [-0.1, -0.05) is 101 Å². The number of pyridine rings is 2. The van der Waals surface area contributed by atoms with E-state index < -0.39 is 54.2 Å². The molecule has 8 aromatic rings. The summed E-state index contributed by atoms with van der Waals surface area (Å²) in [6.45, 7) is 31.3. The molecule has 33 heteroatoms. The first-order valence-corrected chi connectivity index (χ1v) is 54.2. The van der Waals surface area contributed by atoms with Gasteiger partial charge in [-0.3, -0.25) is 67.7 Å². The number of carboxylic acid groups (broad SMARTS) is 1. The molecule has 10 aliphatic heterocycles. The number of hydrazine groups is 2. The van der Waals surface area contributed by atoms with Crippen molar-refractivity contribution in [1.82, 2.24) is 80.6 Å². The van der Waals surface area contributed by atoms with E-state index in [4.69, 9.17) is 40.3 Å². The van der Waals surface area contributed by atoms with Crippen LogP contribution in [0.25, 0.3) is 66.8 Å². The number of aromatic nitrogens is 6. The fraction of sp³-hybridized carbons (Fsp3) is 0.636. The van der Waals surface area contributed by atoms with Gasteiger partial charge in [0.2, 0.25) is 11.8 Å². The molecule has 2 aromatic carbocycles. The van der Waals surface area contributed by atoms with Gasteiger partial charge in [-0.2, -0.15) is 0 Å². The molecule has 0 radical (unpaired) electrons. The minimum atomic E-state index is -1.05. The number of likely N-dealkylation sites (tertiary alicyclic amines) is 3. The number of halogens is 1. The van der Waals surface area contributed by atoms with Crippen LogP contribution >= 0.6 is 22.7 Å². The second-order valence-electron chi connectivity index (χ2n) is 45.0. The molecule has 29 nitrogen and oxygen atoms in total. The molecular formula is C110H148FLiN16O13S2. The summed E-state index contributed by atoms with van der Waals surface area (Å²) in [7, 11) is -1.00. The second-order valence-corrected chi connectivity index (χ2v) is 46.9. The van der Waals surface area contributed by atoms with Crippen molar-refractivity contribution in [2.24, 2.45) is 45.3 Å². The van der Waals surface area contributed by atoms with Crippen molar-refractivity contribution in [2.75, 3.05) is 85.8 Å². The Morgan fingerprint density at radius 2 is 1.01 bits per heavy atom. The number of esters is 2. The third-order valence-corrected chi connectivity index (χ3v) is 34.4. The Labute approximate surface area is 862 Å². The quantitative estimate of drug-likeness (QED) is 0.0303. The van der Waals surface area contributed by atoms with E-state index in [1.807, 2.05) is 29.4 Å². The van der Waals surface area contributed by atoms with Crippen LogP contribution in [0.4, 0.5) is 4.39 Å². The molecule has 5 amide bonds. The number of aryl methyl sites for hydroxylation is 2. The zero-order valence-electron chi connectivity index (χ0n) is 85.8. The van der Waals surface area contributed by atoms with Gasteiger partial charge in [-0.05, 0) is 250 Å². The molecule has 12 fully saturated rings. The minimum Gasteiger partial charge on any atom is -0.547 e. The summed E-state index contributed by atoms with van der Waals surface area (Å²) in [5, 5.41) is 31.3. The van der Waals surface area contributed by atoms with Crippen molar-refractivity contribution < 1.29 is 87.0 Å². The number of alkyl halides is 1. The SMILES string of the molecule is C.CCn1c(-c2cccnc2C(C)C)c2c3cc(ccc31)-c1csc(n1)C[C@H](NC(=O)[C@H](C1CCCC1)N1CC[C@]3(CCN(C(=O)[C@@H]4O[C@@H]4C4CC4)C3)C1)C(=O)N1CCC[C@H](N1)C(=O)OCC(C)(C)C2.CCn1c(-c2cccnc2C(C)C)c2c3cc(ccc31)-c1csc(n1)C[C@H](NC(=O)[C@H](C1CCCC1)N1CC[C@]3(CCNC3)C1)C(=O)N1CCC[C@H](N1)C(=O)OCC(C)(C)C2.O=C([O-])[C@@H]1O[C@@H]1C1CC1.[2H]CF.[Li+]. The number of carboxylic acids is 1. The number of ether oxygens (including phenoxy) is 4. The Kier molecular flexibility index (Phi) is 32.2. The fourth-order valence-electron chi connectivity index (χ4n) is 25.0. The number of nitrogens with zero attached hydrogens (tertiary/aromatic N) is 11. The van der Waals surface area contributed by atoms with Crippen LogP contribution in [-0.2, 0) is 96.1 Å². The first-order chi connectivity index (χ1) is 68.4. The molecule has 22 rings (SSSR count). The van der Waals surface area contributed by atoms with Crippen molar-refractivity contribution in [1.29, 1.82) is 0 Å². The maximum atomic E-state index is 15.1. The van der Waals surface area contributed by atoms with E-state index in [1.165, 1.54) is 33.8 Å². The molecule has 6 aromatic heterocycles. The van der Waals surface area contributed by atoms with Crippen LogP contribution in [-0.4, -0.2) is 248 Å². The van der Waals surface area contributed by atoms with Crippen molar-refractivity contribution in [3.8, 4) is 45.0 Å². The predicted octanol–water partition coefficient (Wildman–Crippen LogP) is 11.3. The van der Waals surface area contributed by atoms with Gasteiger partial charge in [0.25, 0.3) is 17.7 Å².